The molecule has 19 heteroatoms. The molecule has 2 saturated heterocycles. The van der Waals surface area contributed by atoms with Crippen molar-refractivity contribution in [3.05, 3.63) is 103 Å². The van der Waals surface area contributed by atoms with Gasteiger partial charge in [-0.05, 0) is 67.8 Å². The summed E-state index contributed by atoms with van der Waals surface area (Å²) in [6.45, 7) is 3.63. The van der Waals surface area contributed by atoms with Crippen LogP contribution in [0.4, 0.5) is 28.6 Å². The number of anilines is 3. The summed E-state index contributed by atoms with van der Waals surface area (Å²) in [4.78, 5) is 86.2. The number of aryl methyl sites for hydroxylation is 2. The van der Waals surface area contributed by atoms with Crippen LogP contribution in [0.25, 0.3) is 20.7 Å². The van der Waals surface area contributed by atoms with Gasteiger partial charge in [-0.1, -0.05) is 35.4 Å². The number of nitro groups is 2. The average Bonchev–Trinajstić information content (AvgIpc) is 3.90. The van der Waals surface area contributed by atoms with E-state index in [0.29, 0.717) is 16.3 Å². The number of aromatic nitrogens is 2. The molecule has 0 spiro atoms. The highest BCUT2D eigenvalue weighted by atomic mass is 35.5. The number of nitro benzene ring substituents is 2. The third-order valence-electron chi connectivity index (χ3n) is 13.2. The van der Waals surface area contributed by atoms with Crippen molar-refractivity contribution >= 4 is 85.2 Å². The number of aromatic hydroxyl groups is 1. The van der Waals surface area contributed by atoms with Crippen LogP contribution >= 0.6 is 22.9 Å². The van der Waals surface area contributed by atoms with Gasteiger partial charge in [-0.15, -0.1) is 11.3 Å². The molecule has 0 bridgehead atoms. The fourth-order valence-corrected chi connectivity index (χ4v) is 11.8. The molecule has 6 unspecified atom stereocenters. The molecular weight excluding hydrogens is 842 g/mol. The first kappa shape index (κ1) is 40.7. The number of fused-ring (bicyclic) bond motifs is 5. The highest BCUT2D eigenvalue weighted by Crippen LogP contribution is 2.65. The lowest BCUT2D eigenvalue weighted by Crippen LogP contribution is -2.49. The maximum atomic E-state index is 15.2. The minimum absolute atomic E-state index is 0.0101. The molecule has 17 nitrogen and oxygen atoms in total. The Labute approximate surface area is 362 Å². The number of allylic oxidation sites excluding steroid dienone is 2. The number of para-hydroxylation sites is 1. The van der Waals surface area contributed by atoms with Crippen molar-refractivity contribution in [3.63, 3.8) is 0 Å². The number of halogens is 1. The molecule has 3 fully saturated rings. The highest BCUT2D eigenvalue weighted by molar-refractivity contribution is 7.22. The van der Waals surface area contributed by atoms with Gasteiger partial charge in [0.2, 0.25) is 23.6 Å². The Balaban J connectivity index is 1.16. The second-order valence-electron chi connectivity index (χ2n) is 16.5. The predicted molar refractivity (Wildman–Crippen MR) is 230 cm³/mol. The van der Waals surface area contributed by atoms with Gasteiger partial charge in [0.1, 0.15) is 11.5 Å². The van der Waals surface area contributed by atoms with Gasteiger partial charge in [0.15, 0.2) is 17.2 Å². The Bertz CT molecular complexity index is 2870. The van der Waals surface area contributed by atoms with Crippen molar-refractivity contribution in [3.8, 4) is 22.1 Å². The lowest BCUT2D eigenvalue weighted by atomic mass is 9.51. The van der Waals surface area contributed by atoms with E-state index in [4.69, 9.17) is 21.4 Å². The van der Waals surface area contributed by atoms with Crippen LogP contribution in [0.5, 0.6) is 11.5 Å². The summed E-state index contributed by atoms with van der Waals surface area (Å²) in [5.41, 5.74) is -1.21. The van der Waals surface area contributed by atoms with Crippen molar-refractivity contribution < 1.29 is 38.9 Å². The van der Waals surface area contributed by atoms with E-state index in [9.17, 15) is 34.9 Å². The fraction of sp³-hybridized carbons (Fsp3) is 0.326. The minimum atomic E-state index is -1.53. The molecule has 9 rings (SSSR count). The zero-order valence-electron chi connectivity index (χ0n) is 34.1. The fourth-order valence-electron chi connectivity index (χ4n) is 10.4. The van der Waals surface area contributed by atoms with Crippen molar-refractivity contribution in [1.29, 1.82) is 0 Å². The van der Waals surface area contributed by atoms with Crippen LogP contribution in [0.1, 0.15) is 36.8 Å². The Morgan fingerprint density at radius 1 is 0.968 bits per heavy atom. The lowest BCUT2D eigenvalue weighted by molar-refractivity contribution is -0.392. The Morgan fingerprint density at radius 2 is 1.66 bits per heavy atom. The van der Waals surface area contributed by atoms with Crippen LogP contribution in [-0.4, -0.2) is 69.6 Å². The molecule has 6 atom stereocenters. The van der Waals surface area contributed by atoms with Crippen LogP contribution in [0.15, 0.2) is 66.2 Å². The van der Waals surface area contributed by atoms with Crippen LogP contribution in [0.2, 0.25) is 5.02 Å². The summed E-state index contributed by atoms with van der Waals surface area (Å²) < 4.78 is 7.93. The maximum Gasteiger partial charge on any atom is 0.301 e. The molecule has 3 aromatic carbocycles. The SMILES string of the molecule is COc1cccc(C2C3=CCC4C(=O)N(c5cc([N+](=O)[O-])c(N(C)C)c([N+](=O)[O-])c5)C(=O)C4C3CC3C(=O)N(c4cc(-c5sc6ccc(Cl)cc6c5C)nn4C)C(=O)C32C)c1O. The number of methoxy groups -OCH3 is 1. The van der Waals surface area contributed by atoms with E-state index < -0.39 is 79.9 Å². The first-order valence-electron chi connectivity index (χ1n) is 19.6. The number of thiophene rings is 1. The number of hydrogen-bond donors (Lipinski definition) is 1. The Morgan fingerprint density at radius 3 is 2.31 bits per heavy atom. The van der Waals surface area contributed by atoms with E-state index in [-0.39, 0.29) is 47.1 Å². The molecule has 2 aliphatic carbocycles. The standard InChI is InChI=1S/C43H38ClN7O10S/c1-19-25-14-20(44)10-13-32(25)62-38(19)28-18-33(47(5)45-28)49-40(54)27-17-26-22(35(43(27,2)42(49)56)24-8-7-9-31(61-6)37(24)52)11-12-23-34(26)41(55)48(39(23)53)21-15-29(50(57)58)36(46(3)4)30(16-21)51(59)60/h7-11,13-16,18,23,26-27,34-35,52H,12,17H2,1-6H3. The smallest absolute Gasteiger partial charge is 0.301 e. The van der Waals surface area contributed by atoms with Gasteiger partial charge in [-0.2, -0.15) is 5.10 Å². The quantitative estimate of drug-likeness (QED) is 0.0704. The third kappa shape index (κ3) is 5.61. The number of phenolic OH excluding ortho intramolecular Hbond substituents is 1. The van der Waals surface area contributed by atoms with E-state index in [0.717, 1.165) is 42.5 Å². The largest absolute Gasteiger partial charge is 0.504 e. The van der Waals surface area contributed by atoms with E-state index in [1.165, 1.54) is 42.1 Å². The van der Waals surface area contributed by atoms with E-state index in [1.54, 1.807) is 50.4 Å². The Hall–Kier alpha value is -6.66. The van der Waals surface area contributed by atoms with Crippen LogP contribution < -0.4 is 19.4 Å². The molecular formula is C43H38ClN7O10S. The molecule has 2 aliphatic heterocycles. The minimum Gasteiger partial charge on any atom is -0.504 e. The first-order valence-corrected chi connectivity index (χ1v) is 20.8. The summed E-state index contributed by atoms with van der Waals surface area (Å²) in [7, 11) is 5.83. The summed E-state index contributed by atoms with van der Waals surface area (Å²) in [6, 6.07) is 14.1. The molecule has 4 heterocycles. The summed E-state index contributed by atoms with van der Waals surface area (Å²) in [6.07, 6.45) is 1.75. The van der Waals surface area contributed by atoms with Crippen LogP contribution in [0.3, 0.4) is 0 Å². The maximum absolute atomic E-state index is 15.2. The molecule has 318 valence electrons. The predicted octanol–water partition coefficient (Wildman–Crippen LogP) is 7.30. The van der Waals surface area contributed by atoms with E-state index in [2.05, 4.69) is 0 Å². The Kier molecular flexibility index (Phi) is 9.33. The van der Waals surface area contributed by atoms with Crippen molar-refractivity contribution in [2.75, 3.05) is 35.9 Å². The van der Waals surface area contributed by atoms with Crippen LogP contribution in [0, 0.1) is 56.2 Å². The molecule has 2 aromatic heterocycles. The second kappa shape index (κ2) is 14.2. The molecule has 1 saturated carbocycles. The number of imide groups is 2. The topological polar surface area (TPSA) is 212 Å². The van der Waals surface area contributed by atoms with Crippen LogP contribution in [-0.2, 0) is 26.2 Å². The zero-order valence-corrected chi connectivity index (χ0v) is 35.7. The molecule has 1 N–H and O–H groups in total. The van der Waals surface area contributed by atoms with E-state index >= 15 is 9.59 Å². The van der Waals surface area contributed by atoms with Gasteiger partial charge in [-0.25, -0.2) is 9.80 Å². The number of hydrogen-bond acceptors (Lipinski definition) is 13. The zero-order chi connectivity index (χ0) is 44.4. The highest BCUT2D eigenvalue weighted by Gasteiger charge is 2.68. The number of phenols is 1. The molecule has 0 radical (unpaired) electrons. The molecule has 4 amide bonds. The van der Waals surface area contributed by atoms with Gasteiger partial charge < -0.3 is 14.7 Å². The van der Waals surface area contributed by atoms with Gasteiger partial charge in [-0.3, -0.25) is 44.1 Å². The summed E-state index contributed by atoms with van der Waals surface area (Å²) in [5, 5.41) is 42.5. The number of carbonyl (C=O) groups is 4. The summed E-state index contributed by atoms with van der Waals surface area (Å²) >= 11 is 7.81. The number of carbonyl (C=O) groups excluding carboxylic acids is 4. The first-order chi connectivity index (χ1) is 29.4. The number of ether oxygens (including phenoxy) is 1. The number of amides is 4. The molecule has 4 aliphatic rings. The number of benzene rings is 3. The molecule has 5 aromatic rings. The monoisotopic (exact) mass is 879 g/mol. The van der Waals surface area contributed by atoms with Crippen molar-refractivity contribution in [2.45, 2.75) is 32.6 Å². The number of nitrogens with zero attached hydrogens (tertiary/aromatic N) is 7. The van der Waals surface area contributed by atoms with Gasteiger partial charge in [0.25, 0.3) is 0 Å². The second-order valence-corrected chi connectivity index (χ2v) is 18.0. The third-order valence-corrected chi connectivity index (χ3v) is 14.7. The molecule has 62 heavy (non-hydrogen) atoms. The summed E-state index contributed by atoms with van der Waals surface area (Å²) in [5.74, 6) is -7.50. The van der Waals surface area contributed by atoms with E-state index in [1.807, 2.05) is 19.1 Å². The van der Waals surface area contributed by atoms with Crippen molar-refractivity contribution in [1.82, 2.24) is 9.78 Å². The average molecular weight is 880 g/mol. The number of rotatable bonds is 8. The van der Waals surface area contributed by atoms with Gasteiger partial charge in [0, 0.05) is 60.5 Å². The van der Waals surface area contributed by atoms with Gasteiger partial charge >= 0.3 is 11.4 Å². The van der Waals surface area contributed by atoms with Crippen molar-refractivity contribution in [2.24, 2.45) is 36.1 Å². The lowest BCUT2D eigenvalue weighted by Gasteiger charge is -2.49. The normalized spacial score (nSPS) is 24.3. The van der Waals surface area contributed by atoms with Gasteiger partial charge in [0.05, 0.1) is 50.7 Å².